The lowest BCUT2D eigenvalue weighted by atomic mass is 9.96. The summed E-state index contributed by atoms with van der Waals surface area (Å²) in [5.74, 6) is -2.49. The van der Waals surface area contributed by atoms with Crippen LogP contribution in [-0.2, 0) is 4.79 Å². The highest BCUT2D eigenvalue weighted by Gasteiger charge is 2.44. The van der Waals surface area contributed by atoms with Crippen LogP contribution in [0.15, 0.2) is 18.2 Å². The van der Waals surface area contributed by atoms with Crippen molar-refractivity contribution in [3.05, 3.63) is 29.6 Å². The maximum atomic E-state index is 13.5. The van der Waals surface area contributed by atoms with E-state index >= 15 is 0 Å². The van der Waals surface area contributed by atoms with Gasteiger partial charge in [-0.3, -0.25) is 4.79 Å². The zero-order chi connectivity index (χ0) is 14.2. The van der Waals surface area contributed by atoms with Crippen LogP contribution in [-0.4, -0.2) is 22.5 Å². The van der Waals surface area contributed by atoms with E-state index in [1.165, 1.54) is 6.07 Å². The highest BCUT2D eigenvalue weighted by atomic mass is 19.1. The molecule has 6 heteroatoms. The molecule has 4 N–H and O–H groups in total. The number of halogens is 1. The maximum Gasteiger partial charge on any atom is 0.338 e. The highest BCUT2D eigenvalue weighted by molar-refractivity contribution is 5.98. The number of anilines is 1. The number of aromatic carboxylic acids is 1. The zero-order valence-electron chi connectivity index (χ0n) is 10.4. The molecule has 1 aliphatic rings. The van der Waals surface area contributed by atoms with Gasteiger partial charge in [-0.1, -0.05) is 0 Å². The predicted octanol–water partition coefficient (Wildman–Crippen LogP) is 1.59. The first-order chi connectivity index (χ1) is 8.82. The number of hydrogen-bond donors (Lipinski definition) is 3. The van der Waals surface area contributed by atoms with Crippen LogP contribution in [0.1, 0.15) is 30.1 Å². The number of carbonyl (C=O) groups excluding carboxylic acids is 1. The van der Waals surface area contributed by atoms with Gasteiger partial charge in [-0.25, -0.2) is 9.18 Å². The second kappa shape index (κ2) is 4.62. The lowest BCUT2D eigenvalue weighted by Crippen LogP contribution is -2.50. The molecule has 1 aromatic carbocycles. The molecule has 1 atom stereocenters. The molecule has 0 bridgehead atoms. The monoisotopic (exact) mass is 266 g/mol. The van der Waals surface area contributed by atoms with Crippen molar-refractivity contribution < 1.29 is 19.1 Å². The molecule has 1 aromatic rings. The molecule has 0 radical (unpaired) electrons. The Kier molecular flexibility index (Phi) is 3.28. The van der Waals surface area contributed by atoms with Crippen molar-refractivity contribution in [2.24, 2.45) is 11.7 Å². The van der Waals surface area contributed by atoms with Crippen LogP contribution in [0.3, 0.4) is 0 Å². The van der Waals surface area contributed by atoms with Crippen molar-refractivity contribution in [2.45, 2.75) is 25.3 Å². The van der Waals surface area contributed by atoms with E-state index in [9.17, 15) is 14.0 Å². The van der Waals surface area contributed by atoms with Crippen LogP contribution < -0.4 is 11.1 Å². The molecule has 19 heavy (non-hydrogen) atoms. The topological polar surface area (TPSA) is 92.4 Å². The van der Waals surface area contributed by atoms with Crippen LogP contribution in [0.25, 0.3) is 0 Å². The third-order valence-electron chi connectivity index (χ3n) is 3.37. The first kappa shape index (κ1) is 13.5. The first-order valence-electron chi connectivity index (χ1n) is 5.95. The molecule has 2 rings (SSSR count). The van der Waals surface area contributed by atoms with Crippen molar-refractivity contribution in [2.75, 3.05) is 5.32 Å². The summed E-state index contributed by atoms with van der Waals surface area (Å²) in [6, 6.07) is 3.43. The average Bonchev–Trinajstić information content (AvgIpc) is 3.12. The number of nitrogens with two attached hydrogens (primary N) is 1. The molecule has 1 fully saturated rings. The third-order valence-corrected chi connectivity index (χ3v) is 3.37. The summed E-state index contributed by atoms with van der Waals surface area (Å²) < 4.78 is 13.5. The standard InChI is InChI=1S/C13H15FN2O3/c1-13(15,7-2-3-7)12(19)16-8-4-5-9(11(17)18)10(14)6-8/h4-7H,2-3,15H2,1H3,(H,16,19)(H,17,18). The Hall–Kier alpha value is -1.95. The SMILES string of the molecule is CC(N)(C(=O)Nc1ccc(C(=O)O)c(F)c1)C1CC1. The highest BCUT2D eigenvalue weighted by Crippen LogP contribution is 2.38. The van der Waals surface area contributed by atoms with E-state index in [2.05, 4.69) is 5.32 Å². The van der Waals surface area contributed by atoms with Gasteiger partial charge in [0.05, 0.1) is 11.1 Å². The molecule has 0 aromatic heterocycles. The van der Waals surface area contributed by atoms with E-state index in [4.69, 9.17) is 10.8 Å². The molecule has 0 heterocycles. The summed E-state index contributed by atoms with van der Waals surface area (Å²) in [5.41, 5.74) is 4.71. The molecule has 1 amide bonds. The third kappa shape index (κ3) is 2.73. The number of carboxylic acids is 1. The summed E-state index contributed by atoms with van der Waals surface area (Å²) in [7, 11) is 0. The number of hydrogen-bond acceptors (Lipinski definition) is 3. The molecule has 0 saturated heterocycles. The van der Waals surface area contributed by atoms with Gasteiger partial charge in [-0.05, 0) is 43.9 Å². The normalized spacial score (nSPS) is 17.6. The second-order valence-electron chi connectivity index (χ2n) is 5.01. The lowest BCUT2D eigenvalue weighted by Gasteiger charge is -2.23. The molecule has 5 nitrogen and oxygen atoms in total. The Morgan fingerprint density at radius 3 is 2.58 bits per heavy atom. The van der Waals surface area contributed by atoms with Gasteiger partial charge in [0.1, 0.15) is 5.82 Å². The minimum atomic E-state index is -1.35. The number of rotatable bonds is 4. The van der Waals surface area contributed by atoms with Gasteiger partial charge in [0, 0.05) is 5.69 Å². The van der Waals surface area contributed by atoms with Gasteiger partial charge in [0.2, 0.25) is 5.91 Å². The van der Waals surface area contributed by atoms with Crippen molar-refractivity contribution in [1.29, 1.82) is 0 Å². The fraction of sp³-hybridized carbons (Fsp3) is 0.385. The van der Waals surface area contributed by atoms with Crippen LogP contribution in [0.4, 0.5) is 10.1 Å². The largest absolute Gasteiger partial charge is 0.478 e. The van der Waals surface area contributed by atoms with Crippen molar-refractivity contribution >= 4 is 17.6 Å². The van der Waals surface area contributed by atoms with Crippen molar-refractivity contribution in [1.82, 2.24) is 0 Å². The Morgan fingerprint density at radius 2 is 2.11 bits per heavy atom. The van der Waals surface area contributed by atoms with E-state index in [0.29, 0.717) is 0 Å². The van der Waals surface area contributed by atoms with E-state index < -0.39 is 28.8 Å². The minimum absolute atomic E-state index is 0.149. The molecular weight excluding hydrogens is 251 g/mol. The van der Waals surface area contributed by atoms with Gasteiger partial charge >= 0.3 is 5.97 Å². The van der Waals surface area contributed by atoms with Gasteiger partial charge in [-0.15, -0.1) is 0 Å². The first-order valence-corrected chi connectivity index (χ1v) is 5.95. The Labute approximate surface area is 109 Å². The fourth-order valence-corrected chi connectivity index (χ4v) is 1.90. The molecular formula is C13H15FN2O3. The second-order valence-corrected chi connectivity index (χ2v) is 5.01. The van der Waals surface area contributed by atoms with Gasteiger partial charge in [0.15, 0.2) is 0 Å². The van der Waals surface area contributed by atoms with Gasteiger partial charge < -0.3 is 16.2 Å². The minimum Gasteiger partial charge on any atom is -0.478 e. The number of amides is 1. The molecule has 1 unspecified atom stereocenters. The summed E-state index contributed by atoms with van der Waals surface area (Å²) in [6.45, 7) is 1.64. The summed E-state index contributed by atoms with van der Waals surface area (Å²) in [6.07, 6.45) is 1.82. The van der Waals surface area contributed by atoms with Crippen molar-refractivity contribution in [3.63, 3.8) is 0 Å². The van der Waals surface area contributed by atoms with Crippen LogP contribution in [0.2, 0.25) is 0 Å². The Balaban J connectivity index is 2.13. The predicted molar refractivity (Wildman–Crippen MR) is 67.3 cm³/mol. The summed E-state index contributed by atoms with van der Waals surface area (Å²) in [4.78, 5) is 22.6. The van der Waals surface area contributed by atoms with E-state index in [0.717, 1.165) is 25.0 Å². The molecule has 102 valence electrons. The average molecular weight is 266 g/mol. The van der Waals surface area contributed by atoms with E-state index in [-0.39, 0.29) is 11.6 Å². The number of carboxylic acid groups (broad SMARTS) is 1. The smallest absolute Gasteiger partial charge is 0.338 e. The Bertz CT molecular complexity index is 539. The van der Waals surface area contributed by atoms with E-state index in [1.807, 2.05) is 0 Å². The molecule has 0 spiro atoms. The van der Waals surface area contributed by atoms with Crippen molar-refractivity contribution in [3.8, 4) is 0 Å². The van der Waals surface area contributed by atoms with Crippen LogP contribution >= 0.6 is 0 Å². The fourth-order valence-electron chi connectivity index (χ4n) is 1.90. The van der Waals surface area contributed by atoms with E-state index in [1.54, 1.807) is 6.92 Å². The zero-order valence-corrected chi connectivity index (χ0v) is 10.4. The van der Waals surface area contributed by atoms with Crippen LogP contribution in [0.5, 0.6) is 0 Å². The van der Waals surface area contributed by atoms with Crippen LogP contribution in [0, 0.1) is 11.7 Å². The number of benzene rings is 1. The summed E-state index contributed by atoms with van der Waals surface area (Å²) >= 11 is 0. The van der Waals surface area contributed by atoms with Gasteiger partial charge in [-0.2, -0.15) is 0 Å². The quantitative estimate of drug-likeness (QED) is 0.771. The molecule has 1 aliphatic carbocycles. The Morgan fingerprint density at radius 1 is 1.47 bits per heavy atom. The number of carbonyl (C=O) groups is 2. The molecule has 1 saturated carbocycles. The molecule has 0 aliphatic heterocycles. The maximum absolute atomic E-state index is 13.5. The van der Waals surface area contributed by atoms with Gasteiger partial charge in [0.25, 0.3) is 0 Å². The summed E-state index contributed by atoms with van der Waals surface area (Å²) in [5, 5.41) is 11.2. The number of nitrogens with one attached hydrogen (secondary N) is 1. The lowest BCUT2D eigenvalue weighted by molar-refractivity contribution is -0.121.